The summed E-state index contributed by atoms with van der Waals surface area (Å²) in [5.74, 6) is 0.666. The lowest BCUT2D eigenvalue weighted by molar-refractivity contribution is 0.0958. The normalized spacial score (nSPS) is 25.3. The Morgan fingerprint density at radius 2 is 1.97 bits per heavy atom. The number of carbonyl (C=O) groups is 1. The van der Waals surface area contributed by atoms with Crippen molar-refractivity contribution in [1.29, 1.82) is 0 Å². The molecule has 0 bridgehead atoms. The van der Waals surface area contributed by atoms with Crippen LogP contribution in [-0.4, -0.2) is 66.4 Å². The third-order valence-corrected chi connectivity index (χ3v) is 6.95. The van der Waals surface area contributed by atoms with Crippen LogP contribution in [0.3, 0.4) is 0 Å². The number of aliphatic hydroxyl groups is 1. The molecule has 3 aliphatic rings. The molecule has 0 spiro atoms. The molecule has 1 aromatic rings. The van der Waals surface area contributed by atoms with Crippen LogP contribution in [0.15, 0.2) is 41.8 Å². The molecule has 2 saturated heterocycles. The fourth-order valence-corrected chi connectivity index (χ4v) is 5.03. The van der Waals surface area contributed by atoms with Crippen LogP contribution in [0.1, 0.15) is 43.6 Å². The molecule has 4 heterocycles. The predicted octanol–water partition coefficient (Wildman–Crippen LogP) is 2.12. The van der Waals surface area contributed by atoms with Crippen LogP contribution >= 0.6 is 0 Å². The number of likely N-dealkylation sites (tertiary alicyclic amines) is 1. The van der Waals surface area contributed by atoms with Gasteiger partial charge in [0.2, 0.25) is 0 Å². The number of rotatable bonds is 5. The van der Waals surface area contributed by atoms with Crippen LogP contribution in [0.5, 0.6) is 0 Å². The van der Waals surface area contributed by atoms with Crippen molar-refractivity contribution >= 4 is 11.6 Å². The molecule has 2 atom stereocenters. The fraction of sp³-hybridized carbons (Fsp3) is 0.583. The summed E-state index contributed by atoms with van der Waals surface area (Å²) in [5.41, 5.74) is 3.78. The zero-order valence-corrected chi connectivity index (χ0v) is 18.8. The standard InChI is InChI=1S/C24H35N5O2/c1-16(2)20-5-7-21(27-23(20)30)17-8-11-29(15-17)18-9-12-28(13-10-18)19-4-6-22(26-14-19)24(31)25-3/h4-7,14,16-18,23,27,30H,8-13,15H2,1-3H3,(H,25,31). The molecule has 2 unspecified atom stereocenters. The first-order valence-electron chi connectivity index (χ1n) is 11.5. The lowest BCUT2D eigenvalue weighted by atomic mass is 9.95. The Hall–Kier alpha value is -2.38. The van der Waals surface area contributed by atoms with Crippen LogP contribution < -0.4 is 15.5 Å². The summed E-state index contributed by atoms with van der Waals surface area (Å²) >= 11 is 0. The minimum absolute atomic E-state index is 0.153. The Labute approximate surface area is 185 Å². The van der Waals surface area contributed by atoms with Gasteiger partial charge in [-0.25, -0.2) is 4.98 Å². The number of carbonyl (C=O) groups excluding carboxylic acids is 1. The van der Waals surface area contributed by atoms with Gasteiger partial charge in [0, 0.05) is 44.3 Å². The van der Waals surface area contributed by atoms with Crippen LogP contribution in [0.25, 0.3) is 0 Å². The topological polar surface area (TPSA) is 80.7 Å². The molecule has 4 rings (SSSR count). The van der Waals surface area contributed by atoms with Gasteiger partial charge in [0.05, 0.1) is 11.9 Å². The molecular formula is C24H35N5O2. The van der Waals surface area contributed by atoms with E-state index in [1.54, 1.807) is 13.1 Å². The molecule has 168 valence electrons. The molecule has 0 radical (unpaired) electrons. The number of nitrogens with zero attached hydrogens (tertiary/aromatic N) is 3. The second kappa shape index (κ2) is 9.40. The molecule has 0 aromatic carbocycles. The molecule has 3 aliphatic heterocycles. The Kier molecular flexibility index (Phi) is 6.62. The number of dihydropyridines is 1. The molecule has 1 aromatic heterocycles. The van der Waals surface area contributed by atoms with E-state index in [-0.39, 0.29) is 5.91 Å². The van der Waals surface area contributed by atoms with Gasteiger partial charge in [0.1, 0.15) is 11.9 Å². The van der Waals surface area contributed by atoms with Gasteiger partial charge in [-0.1, -0.05) is 19.9 Å². The zero-order valence-electron chi connectivity index (χ0n) is 18.8. The average molecular weight is 426 g/mol. The van der Waals surface area contributed by atoms with E-state index >= 15 is 0 Å². The zero-order chi connectivity index (χ0) is 22.0. The number of aromatic nitrogens is 1. The molecule has 7 nitrogen and oxygen atoms in total. The largest absolute Gasteiger partial charge is 0.370 e. The highest BCUT2D eigenvalue weighted by atomic mass is 16.3. The van der Waals surface area contributed by atoms with Crippen molar-refractivity contribution in [2.45, 2.75) is 45.4 Å². The van der Waals surface area contributed by atoms with E-state index in [0.717, 1.165) is 56.7 Å². The maximum absolute atomic E-state index is 11.7. The second-order valence-corrected chi connectivity index (χ2v) is 9.17. The molecule has 3 N–H and O–H groups in total. The Bertz CT molecular complexity index is 840. The van der Waals surface area contributed by atoms with Gasteiger partial charge >= 0.3 is 0 Å². The molecule has 31 heavy (non-hydrogen) atoms. The number of hydrogen-bond acceptors (Lipinski definition) is 6. The Morgan fingerprint density at radius 1 is 1.19 bits per heavy atom. The second-order valence-electron chi connectivity index (χ2n) is 9.17. The van der Waals surface area contributed by atoms with E-state index < -0.39 is 6.23 Å². The summed E-state index contributed by atoms with van der Waals surface area (Å²) in [5, 5.41) is 16.4. The number of pyridine rings is 1. The van der Waals surface area contributed by atoms with Crippen LogP contribution in [0, 0.1) is 11.8 Å². The lowest BCUT2D eigenvalue weighted by Crippen LogP contribution is -2.44. The Balaban J connectivity index is 1.30. The van der Waals surface area contributed by atoms with Crippen LogP contribution in [-0.2, 0) is 0 Å². The summed E-state index contributed by atoms with van der Waals surface area (Å²) in [6, 6.07) is 4.40. The number of allylic oxidation sites excluding steroid dienone is 2. The first-order chi connectivity index (χ1) is 15.0. The highest BCUT2D eigenvalue weighted by molar-refractivity contribution is 5.92. The molecule has 7 heteroatoms. The quantitative estimate of drug-likeness (QED) is 0.671. The number of aliphatic hydroxyl groups excluding tert-OH is 1. The van der Waals surface area contributed by atoms with Gasteiger partial charge in [-0.2, -0.15) is 0 Å². The van der Waals surface area contributed by atoms with Gasteiger partial charge in [-0.05, 0) is 55.5 Å². The average Bonchev–Trinajstić information content (AvgIpc) is 3.29. The highest BCUT2D eigenvalue weighted by Gasteiger charge is 2.33. The van der Waals surface area contributed by atoms with E-state index in [4.69, 9.17) is 0 Å². The summed E-state index contributed by atoms with van der Waals surface area (Å²) < 4.78 is 0. The summed E-state index contributed by atoms with van der Waals surface area (Å²) in [4.78, 5) is 21.0. The predicted molar refractivity (Wildman–Crippen MR) is 123 cm³/mol. The summed E-state index contributed by atoms with van der Waals surface area (Å²) in [6.45, 7) is 8.42. The first-order valence-corrected chi connectivity index (χ1v) is 11.5. The molecular weight excluding hydrogens is 390 g/mol. The Morgan fingerprint density at radius 3 is 2.58 bits per heavy atom. The third kappa shape index (κ3) is 4.77. The van der Waals surface area contributed by atoms with Gasteiger partial charge in [0.15, 0.2) is 0 Å². The van der Waals surface area contributed by atoms with E-state index in [1.165, 1.54) is 5.70 Å². The van der Waals surface area contributed by atoms with E-state index in [9.17, 15) is 9.90 Å². The third-order valence-electron chi connectivity index (χ3n) is 6.95. The minimum atomic E-state index is -0.555. The first kappa shape index (κ1) is 21.8. The smallest absolute Gasteiger partial charge is 0.269 e. The molecule has 0 aliphatic carbocycles. The van der Waals surface area contributed by atoms with Gasteiger partial charge in [0.25, 0.3) is 5.91 Å². The number of anilines is 1. The van der Waals surface area contributed by atoms with Crippen molar-refractivity contribution in [3.63, 3.8) is 0 Å². The minimum Gasteiger partial charge on any atom is -0.370 e. The van der Waals surface area contributed by atoms with Gasteiger partial charge in [-0.3, -0.25) is 9.69 Å². The monoisotopic (exact) mass is 425 g/mol. The lowest BCUT2D eigenvalue weighted by Gasteiger charge is -2.38. The van der Waals surface area contributed by atoms with Crippen molar-refractivity contribution in [2.75, 3.05) is 38.1 Å². The van der Waals surface area contributed by atoms with Crippen molar-refractivity contribution < 1.29 is 9.90 Å². The summed E-state index contributed by atoms with van der Waals surface area (Å²) in [6.07, 6.45) is 8.94. The van der Waals surface area contributed by atoms with Crippen molar-refractivity contribution in [1.82, 2.24) is 20.5 Å². The van der Waals surface area contributed by atoms with E-state index in [0.29, 0.717) is 23.6 Å². The molecule has 0 saturated carbocycles. The van der Waals surface area contributed by atoms with Crippen molar-refractivity contribution in [3.8, 4) is 0 Å². The maximum atomic E-state index is 11.7. The SMILES string of the molecule is CNC(=O)c1ccc(N2CCC(N3CCC(C4=CC=C(C(C)C)C(O)N4)C3)CC2)cn1. The fourth-order valence-electron chi connectivity index (χ4n) is 5.03. The highest BCUT2D eigenvalue weighted by Crippen LogP contribution is 2.31. The van der Waals surface area contributed by atoms with Crippen molar-refractivity contribution in [2.24, 2.45) is 11.8 Å². The maximum Gasteiger partial charge on any atom is 0.269 e. The molecule has 1 amide bonds. The molecule has 2 fully saturated rings. The van der Waals surface area contributed by atoms with Gasteiger partial charge < -0.3 is 20.6 Å². The van der Waals surface area contributed by atoms with Crippen molar-refractivity contribution in [3.05, 3.63) is 47.4 Å². The number of hydrogen-bond donors (Lipinski definition) is 3. The number of nitrogens with one attached hydrogen (secondary N) is 2. The number of amides is 1. The van der Waals surface area contributed by atoms with E-state index in [1.807, 2.05) is 12.3 Å². The van der Waals surface area contributed by atoms with Crippen LogP contribution in [0.2, 0.25) is 0 Å². The van der Waals surface area contributed by atoms with Gasteiger partial charge in [-0.15, -0.1) is 0 Å². The number of piperidine rings is 1. The van der Waals surface area contributed by atoms with E-state index in [2.05, 4.69) is 51.4 Å². The van der Waals surface area contributed by atoms with Crippen LogP contribution in [0.4, 0.5) is 5.69 Å². The summed E-state index contributed by atoms with van der Waals surface area (Å²) in [7, 11) is 1.62.